The summed E-state index contributed by atoms with van der Waals surface area (Å²) in [5.41, 5.74) is 3.63. The molecule has 2 rings (SSSR count). The molecule has 0 radical (unpaired) electrons. The van der Waals surface area contributed by atoms with Crippen LogP contribution in [0, 0.1) is 0 Å². The fourth-order valence-electron chi connectivity index (χ4n) is 2.28. The highest BCUT2D eigenvalue weighted by Gasteiger charge is 2.13. The molecule has 0 bridgehead atoms. The lowest BCUT2D eigenvalue weighted by Crippen LogP contribution is -1.91. The van der Waals surface area contributed by atoms with Gasteiger partial charge in [-0.2, -0.15) is 0 Å². The fraction of sp³-hybridized carbons (Fsp3) is 0.250. The van der Waals surface area contributed by atoms with Crippen molar-refractivity contribution in [1.29, 1.82) is 0 Å². The van der Waals surface area contributed by atoms with Crippen LogP contribution in [0.1, 0.15) is 25.0 Å². The van der Waals surface area contributed by atoms with E-state index in [9.17, 15) is 10.2 Å². The highest BCUT2D eigenvalue weighted by Crippen LogP contribution is 2.38. The second-order valence-corrected chi connectivity index (χ2v) is 4.32. The first-order chi connectivity index (χ1) is 8.69. The van der Waals surface area contributed by atoms with Crippen LogP contribution in [0.15, 0.2) is 36.4 Å². The van der Waals surface area contributed by atoms with Crippen molar-refractivity contribution in [3.8, 4) is 22.6 Å². The van der Waals surface area contributed by atoms with Gasteiger partial charge in [-0.25, -0.2) is 0 Å². The van der Waals surface area contributed by atoms with Crippen molar-refractivity contribution in [2.75, 3.05) is 0 Å². The summed E-state index contributed by atoms with van der Waals surface area (Å²) in [6.45, 7) is 4.02. The largest absolute Gasteiger partial charge is 0.508 e. The van der Waals surface area contributed by atoms with Crippen molar-refractivity contribution >= 4 is 0 Å². The third kappa shape index (κ3) is 2.06. The highest BCUT2D eigenvalue weighted by atomic mass is 16.3. The number of rotatable bonds is 3. The van der Waals surface area contributed by atoms with Gasteiger partial charge in [-0.05, 0) is 36.1 Å². The quantitative estimate of drug-likeness (QED) is 0.857. The maximum atomic E-state index is 10.3. The van der Waals surface area contributed by atoms with Crippen LogP contribution in [0.2, 0.25) is 0 Å². The molecular weight excluding hydrogens is 224 g/mol. The van der Waals surface area contributed by atoms with E-state index in [1.165, 1.54) is 5.56 Å². The second-order valence-electron chi connectivity index (χ2n) is 4.32. The Bertz CT molecular complexity index is 559. The molecule has 2 aromatic rings. The van der Waals surface area contributed by atoms with Gasteiger partial charge in [0.15, 0.2) is 0 Å². The smallest absolute Gasteiger partial charge is 0.130 e. The first-order valence-corrected chi connectivity index (χ1v) is 6.31. The summed E-state index contributed by atoms with van der Waals surface area (Å²) in [6.07, 6.45) is 1.53. The Morgan fingerprint density at radius 2 is 1.56 bits per heavy atom. The summed E-state index contributed by atoms with van der Waals surface area (Å²) in [4.78, 5) is 0. The molecule has 0 saturated carbocycles. The second kappa shape index (κ2) is 5.13. The van der Waals surface area contributed by atoms with E-state index in [0.717, 1.165) is 17.5 Å². The Morgan fingerprint density at radius 1 is 0.833 bits per heavy atom. The van der Waals surface area contributed by atoms with Gasteiger partial charge >= 0.3 is 0 Å². The van der Waals surface area contributed by atoms with E-state index < -0.39 is 0 Å². The molecule has 0 aromatic heterocycles. The topological polar surface area (TPSA) is 40.5 Å². The molecule has 0 heterocycles. The standard InChI is InChI=1S/C16H18O2/c1-3-11-7-5-6-8-13(11)14-9-10-15(17)12(4-2)16(14)18/h5-10,17-18H,3-4H2,1-2H3. The molecule has 0 aliphatic rings. The zero-order chi connectivity index (χ0) is 13.1. The Kier molecular flexibility index (Phi) is 3.56. The number of hydrogen-bond donors (Lipinski definition) is 2. The zero-order valence-corrected chi connectivity index (χ0v) is 10.8. The Balaban J connectivity index is 2.65. The van der Waals surface area contributed by atoms with Gasteiger partial charge in [0.2, 0.25) is 0 Å². The third-order valence-electron chi connectivity index (χ3n) is 3.30. The van der Waals surface area contributed by atoms with E-state index in [4.69, 9.17) is 0 Å². The van der Waals surface area contributed by atoms with Gasteiger partial charge in [-0.15, -0.1) is 0 Å². The van der Waals surface area contributed by atoms with Gasteiger partial charge in [0.05, 0.1) is 0 Å². The predicted octanol–water partition coefficient (Wildman–Crippen LogP) is 3.89. The molecule has 18 heavy (non-hydrogen) atoms. The zero-order valence-electron chi connectivity index (χ0n) is 10.8. The number of aryl methyl sites for hydroxylation is 1. The Morgan fingerprint density at radius 3 is 2.22 bits per heavy atom. The van der Waals surface area contributed by atoms with Crippen LogP contribution in [-0.2, 0) is 12.8 Å². The molecule has 2 N–H and O–H groups in total. The minimum Gasteiger partial charge on any atom is -0.508 e. The van der Waals surface area contributed by atoms with E-state index in [1.54, 1.807) is 12.1 Å². The van der Waals surface area contributed by atoms with E-state index >= 15 is 0 Å². The average Bonchev–Trinajstić information content (AvgIpc) is 2.39. The van der Waals surface area contributed by atoms with Crippen LogP contribution in [0.3, 0.4) is 0 Å². The van der Waals surface area contributed by atoms with Crippen LogP contribution in [0.5, 0.6) is 11.5 Å². The minimum absolute atomic E-state index is 0.160. The molecule has 2 heteroatoms. The molecular formula is C16H18O2. The number of benzene rings is 2. The Hall–Kier alpha value is -1.96. The fourth-order valence-corrected chi connectivity index (χ4v) is 2.28. The molecule has 0 fully saturated rings. The normalized spacial score (nSPS) is 10.6. The highest BCUT2D eigenvalue weighted by molar-refractivity contribution is 5.76. The van der Waals surface area contributed by atoms with Gasteiger partial charge in [0.1, 0.15) is 11.5 Å². The average molecular weight is 242 g/mol. The lowest BCUT2D eigenvalue weighted by molar-refractivity contribution is 0.441. The first kappa shape index (κ1) is 12.5. The minimum atomic E-state index is 0.160. The molecule has 0 spiro atoms. The predicted molar refractivity (Wildman–Crippen MR) is 74.0 cm³/mol. The van der Waals surface area contributed by atoms with Crippen molar-refractivity contribution < 1.29 is 10.2 Å². The third-order valence-corrected chi connectivity index (χ3v) is 3.30. The van der Waals surface area contributed by atoms with Gasteiger partial charge in [-0.3, -0.25) is 0 Å². The SMILES string of the molecule is CCc1ccccc1-c1ccc(O)c(CC)c1O. The lowest BCUT2D eigenvalue weighted by atomic mass is 9.94. The van der Waals surface area contributed by atoms with Crippen molar-refractivity contribution in [3.63, 3.8) is 0 Å². The number of hydrogen-bond acceptors (Lipinski definition) is 2. The maximum Gasteiger partial charge on any atom is 0.130 e. The van der Waals surface area contributed by atoms with Gasteiger partial charge in [0, 0.05) is 11.1 Å². The van der Waals surface area contributed by atoms with Crippen LogP contribution in [0.4, 0.5) is 0 Å². The van der Waals surface area contributed by atoms with E-state index in [2.05, 4.69) is 13.0 Å². The van der Waals surface area contributed by atoms with Crippen LogP contribution >= 0.6 is 0 Å². The number of aromatic hydroxyl groups is 2. The van der Waals surface area contributed by atoms with Crippen LogP contribution in [-0.4, -0.2) is 10.2 Å². The molecule has 2 aromatic carbocycles. The van der Waals surface area contributed by atoms with Gasteiger partial charge in [-0.1, -0.05) is 38.1 Å². The van der Waals surface area contributed by atoms with Crippen molar-refractivity contribution in [2.45, 2.75) is 26.7 Å². The number of phenols is 2. The molecule has 94 valence electrons. The summed E-state index contributed by atoms with van der Waals surface area (Å²) in [5, 5.41) is 20.0. The first-order valence-electron chi connectivity index (χ1n) is 6.31. The molecule has 2 nitrogen and oxygen atoms in total. The Labute approximate surface area is 108 Å². The van der Waals surface area contributed by atoms with Crippen LogP contribution in [0.25, 0.3) is 11.1 Å². The number of phenolic OH excluding ortho intramolecular Hbond substituents is 2. The summed E-state index contributed by atoms with van der Waals surface area (Å²) >= 11 is 0. The summed E-state index contributed by atoms with van der Waals surface area (Å²) < 4.78 is 0. The maximum absolute atomic E-state index is 10.3. The van der Waals surface area contributed by atoms with Gasteiger partial charge in [0.25, 0.3) is 0 Å². The van der Waals surface area contributed by atoms with Crippen LogP contribution < -0.4 is 0 Å². The van der Waals surface area contributed by atoms with Crippen molar-refractivity contribution in [2.24, 2.45) is 0 Å². The van der Waals surface area contributed by atoms with E-state index in [-0.39, 0.29) is 11.5 Å². The summed E-state index contributed by atoms with van der Waals surface area (Å²) in [6, 6.07) is 11.5. The van der Waals surface area contributed by atoms with E-state index in [0.29, 0.717) is 12.0 Å². The van der Waals surface area contributed by atoms with E-state index in [1.807, 2.05) is 25.1 Å². The van der Waals surface area contributed by atoms with Crippen molar-refractivity contribution in [1.82, 2.24) is 0 Å². The summed E-state index contributed by atoms with van der Waals surface area (Å²) in [7, 11) is 0. The monoisotopic (exact) mass is 242 g/mol. The summed E-state index contributed by atoms with van der Waals surface area (Å²) in [5.74, 6) is 0.353. The lowest BCUT2D eigenvalue weighted by Gasteiger charge is -2.13. The molecule has 0 aliphatic carbocycles. The van der Waals surface area contributed by atoms with Crippen molar-refractivity contribution in [3.05, 3.63) is 47.5 Å². The molecule has 0 saturated heterocycles. The van der Waals surface area contributed by atoms with Gasteiger partial charge < -0.3 is 10.2 Å². The molecule has 0 aliphatic heterocycles. The molecule has 0 amide bonds. The molecule has 0 atom stereocenters. The molecule has 0 unspecified atom stereocenters.